The molecule has 1 aromatic carbocycles. The van der Waals surface area contributed by atoms with E-state index in [4.69, 9.17) is 9.47 Å². The molecule has 0 spiro atoms. The Hall–Kier alpha value is -1.22. The molecule has 1 aliphatic heterocycles. The molecule has 0 bridgehead atoms. The van der Waals surface area contributed by atoms with E-state index in [1.54, 1.807) is 0 Å². The predicted molar refractivity (Wildman–Crippen MR) is 76.1 cm³/mol. The van der Waals surface area contributed by atoms with Crippen molar-refractivity contribution in [3.05, 3.63) is 23.8 Å². The Morgan fingerprint density at radius 1 is 1.16 bits per heavy atom. The lowest BCUT2D eigenvalue weighted by molar-refractivity contribution is 0.171. The van der Waals surface area contributed by atoms with Gasteiger partial charge in [-0.3, -0.25) is 0 Å². The highest BCUT2D eigenvalue weighted by atomic mass is 16.6. The third kappa shape index (κ3) is 2.71. The fourth-order valence-electron chi connectivity index (χ4n) is 2.69. The van der Waals surface area contributed by atoms with Gasteiger partial charge in [0.25, 0.3) is 0 Å². The van der Waals surface area contributed by atoms with Crippen LogP contribution in [0.25, 0.3) is 0 Å². The van der Waals surface area contributed by atoms with Gasteiger partial charge in [-0.05, 0) is 43.0 Å². The number of benzene rings is 1. The first-order chi connectivity index (χ1) is 9.20. The number of hydrogen-bond acceptors (Lipinski definition) is 3. The van der Waals surface area contributed by atoms with E-state index in [2.05, 4.69) is 37.4 Å². The van der Waals surface area contributed by atoms with Gasteiger partial charge in [-0.2, -0.15) is 0 Å². The van der Waals surface area contributed by atoms with Crippen LogP contribution in [0.1, 0.15) is 32.3 Å². The molecule has 19 heavy (non-hydrogen) atoms. The van der Waals surface area contributed by atoms with E-state index >= 15 is 0 Å². The van der Waals surface area contributed by atoms with Gasteiger partial charge in [-0.15, -0.1) is 0 Å². The van der Waals surface area contributed by atoms with Gasteiger partial charge in [0.15, 0.2) is 11.5 Å². The normalized spacial score (nSPS) is 19.5. The molecular formula is C16H23NO2. The minimum Gasteiger partial charge on any atom is -0.486 e. The SMILES string of the molecule is CC(C)CNCC1(c2ccc3c(c2)OCCO3)CC1. The lowest BCUT2D eigenvalue weighted by atomic mass is 9.95. The van der Waals surface area contributed by atoms with Gasteiger partial charge in [0.05, 0.1) is 0 Å². The van der Waals surface area contributed by atoms with Gasteiger partial charge < -0.3 is 14.8 Å². The first-order valence-corrected chi connectivity index (χ1v) is 7.30. The van der Waals surface area contributed by atoms with Crippen molar-refractivity contribution in [1.29, 1.82) is 0 Å². The first-order valence-electron chi connectivity index (χ1n) is 7.30. The second kappa shape index (κ2) is 5.04. The van der Waals surface area contributed by atoms with Gasteiger partial charge in [0, 0.05) is 12.0 Å². The lowest BCUT2D eigenvalue weighted by Crippen LogP contribution is -2.29. The van der Waals surface area contributed by atoms with Crippen LogP contribution in [0.5, 0.6) is 11.5 Å². The Morgan fingerprint density at radius 2 is 1.89 bits per heavy atom. The van der Waals surface area contributed by atoms with E-state index in [9.17, 15) is 0 Å². The van der Waals surface area contributed by atoms with Gasteiger partial charge in [-0.1, -0.05) is 19.9 Å². The molecule has 3 rings (SSSR count). The molecule has 1 N–H and O–H groups in total. The predicted octanol–water partition coefficient (Wildman–Crippen LogP) is 2.74. The molecule has 104 valence electrons. The van der Waals surface area contributed by atoms with Crippen LogP contribution in [0.15, 0.2) is 18.2 Å². The third-order valence-electron chi connectivity index (χ3n) is 4.02. The van der Waals surface area contributed by atoms with Gasteiger partial charge in [-0.25, -0.2) is 0 Å². The van der Waals surface area contributed by atoms with E-state index in [1.165, 1.54) is 18.4 Å². The number of hydrogen-bond donors (Lipinski definition) is 1. The summed E-state index contributed by atoms with van der Waals surface area (Å²) in [7, 11) is 0. The molecular weight excluding hydrogens is 238 g/mol. The third-order valence-corrected chi connectivity index (χ3v) is 4.02. The summed E-state index contributed by atoms with van der Waals surface area (Å²) in [6, 6.07) is 6.45. The molecule has 1 heterocycles. The smallest absolute Gasteiger partial charge is 0.161 e. The largest absolute Gasteiger partial charge is 0.486 e. The summed E-state index contributed by atoms with van der Waals surface area (Å²) in [5.74, 6) is 2.51. The van der Waals surface area contributed by atoms with Crippen LogP contribution in [0.2, 0.25) is 0 Å². The number of fused-ring (bicyclic) bond motifs is 1. The fourth-order valence-corrected chi connectivity index (χ4v) is 2.69. The Kier molecular flexibility index (Phi) is 3.40. The van der Waals surface area contributed by atoms with Gasteiger partial charge in [0.2, 0.25) is 0 Å². The molecule has 1 fully saturated rings. The van der Waals surface area contributed by atoms with E-state index in [-0.39, 0.29) is 0 Å². The monoisotopic (exact) mass is 261 g/mol. The zero-order valence-electron chi connectivity index (χ0n) is 11.9. The standard InChI is InChI=1S/C16H23NO2/c1-12(2)10-17-11-16(5-6-16)13-3-4-14-15(9-13)19-8-7-18-14/h3-4,9,12,17H,5-8,10-11H2,1-2H3. The van der Waals surface area contributed by atoms with Crippen LogP contribution < -0.4 is 14.8 Å². The molecule has 0 aromatic heterocycles. The van der Waals surface area contributed by atoms with Crippen molar-refractivity contribution >= 4 is 0 Å². The Morgan fingerprint density at radius 3 is 2.58 bits per heavy atom. The highest BCUT2D eigenvalue weighted by Crippen LogP contribution is 2.49. The second-order valence-electron chi connectivity index (χ2n) is 6.16. The average molecular weight is 261 g/mol. The average Bonchev–Trinajstić information content (AvgIpc) is 3.19. The summed E-state index contributed by atoms with van der Waals surface area (Å²) < 4.78 is 11.3. The van der Waals surface area contributed by atoms with E-state index < -0.39 is 0 Å². The summed E-state index contributed by atoms with van der Waals surface area (Å²) in [4.78, 5) is 0. The summed E-state index contributed by atoms with van der Waals surface area (Å²) in [5, 5.41) is 3.59. The molecule has 1 aromatic rings. The van der Waals surface area contributed by atoms with E-state index in [0.29, 0.717) is 24.5 Å². The second-order valence-corrected chi connectivity index (χ2v) is 6.16. The number of rotatable bonds is 5. The van der Waals surface area contributed by atoms with Crippen LogP contribution in [-0.4, -0.2) is 26.3 Å². The van der Waals surface area contributed by atoms with Crippen molar-refractivity contribution in [1.82, 2.24) is 5.32 Å². The Balaban J connectivity index is 1.71. The Bertz CT molecular complexity index is 452. The quantitative estimate of drug-likeness (QED) is 0.884. The van der Waals surface area contributed by atoms with Crippen LogP contribution in [0, 0.1) is 5.92 Å². The van der Waals surface area contributed by atoms with Crippen LogP contribution in [0.3, 0.4) is 0 Å². The molecule has 2 aliphatic rings. The molecule has 0 radical (unpaired) electrons. The molecule has 1 aliphatic carbocycles. The maximum atomic E-state index is 5.68. The van der Waals surface area contributed by atoms with Crippen molar-refractivity contribution in [3.63, 3.8) is 0 Å². The number of ether oxygens (including phenoxy) is 2. The highest BCUT2D eigenvalue weighted by Gasteiger charge is 2.44. The minimum absolute atomic E-state index is 0.338. The van der Waals surface area contributed by atoms with Crippen LogP contribution in [0.4, 0.5) is 0 Å². The molecule has 0 amide bonds. The summed E-state index contributed by atoms with van der Waals surface area (Å²) in [6.07, 6.45) is 2.55. The number of nitrogens with one attached hydrogen (secondary N) is 1. The van der Waals surface area contributed by atoms with Crippen molar-refractivity contribution in [2.75, 3.05) is 26.3 Å². The van der Waals surface area contributed by atoms with Crippen molar-refractivity contribution in [3.8, 4) is 11.5 Å². The maximum absolute atomic E-state index is 5.68. The van der Waals surface area contributed by atoms with Crippen LogP contribution >= 0.6 is 0 Å². The summed E-state index contributed by atoms with van der Waals surface area (Å²) in [5.41, 5.74) is 1.73. The van der Waals surface area contributed by atoms with E-state index in [1.807, 2.05) is 0 Å². The first kappa shape index (κ1) is 12.8. The highest BCUT2D eigenvalue weighted by molar-refractivity contribution is 5.47. The molecule has 3 nitrogen and oxygen atoms in total. The maximum Gasteiger partial charge on any atom is 0.161 e. The zero-order chi connectivity index (χ0) is 13.3. The fraction of sp³-hybridized carbons (Fsp3) is 0.625. The topological polar surface area (TPSA) is 30.5 Å². The van der Waals surface area contributed by atoms with Gasteiger partial charge in [0.1, 0.15) is 13.2 Å². The zero-order valence-corrected chi connectivity index (χ0v) is 11.9. The van der Waals surface area contributed by atoms with Crippen molar-refractivity contribution in [2.24, 2.45) is 5.92 Å². The van der Waals surface area contributed by atoms with E-state index in [0.717, 1.165) is 24.6 Å². The molecule has 1 saturated carbocycles. The van der Waals surface area contributed by atoms with Gasteiger partial charge >= 0.3 is 0 Å². The summed E-state index contributed by atoms with van der Waals surface area (Å²) >= 11 is 0. The molecule has 0 unspecified atom stereocenters. The Labute approximate surface area is 115 Å². The van der Waals surface area contributed by atoms with Crippen LogP contribution in [-0.2, 0) is 5.41 Å². The van der Waals surface area contributed by atoms with Crippen molar-refractivity contribution in [2.45, 2.75) is 32.1 Å². The molecule has 3 heteroatoms. The lowest BCUT2D eigenvalue weighted by Gasteiger charge is -2.22. The minimum atomic E-state index is 0.338. The molecule has 0 atom stereocenters. The summed E-state index contributed by atoms with van der Waals surface area (Å²) in [6.45, 7) is 7.98. The van der Waals surface area contributed by atoms with Crippen molar-refractivity contribution < 1.29 is 9.47 Å². The molecule has 0 saturated heterocycles.